The van der Waals surface area contributed by atoms with Crippen LogP contribution in [0.1, 0.15) is 17.0 Å². The van der Waals surface area contributed by atoms with Gasteiger partial charge < -0.3 is 10.3 Å². The van der Waals surface area contributed by atoms with Crippen LogP contribution in [0.4, 0.5) is 11.4 Å². The number of nitrogens with two attached hydrogens (primary N) is 1. The van der Waals surface area contributed by atoms with E-state index in [-0.39, 0.29) is 17.0 Å². The number of anilines is 2. The van der Waals surface area contributed by atoms with Crippen molar-refractivity contribution in [2.24, 2.45) is 0 Å². The van der Waals surface area contributed by atoms with Crippen molar-refractivity contribution in [2.45, 2.75) is 12.7 Å². The number of nitriles is 1. The van der Waals surface area contributed by atoms with Gasteiger partial charge in [-0.05, 0) is 25.1 Å². The van der Waals surface area contributed by atoms with Crippen LogP contribution in [0.3, 0.4) is 0 Å². The Hall–Kier alpha value is -2.53. The highest BCUT2D eigenvalue weighted by Crippen LogP contribution is 2.20. The second-order valence-electron chi connectivity index (χ2n) is 4.21. The molecule has 2 rings (SSSR count). The van der Waals surface area contributed by atoms with Gasteiger partial charge in [-0.25, -0.2) is 8.42 Å². The van der Waals surface area contributed by atoms with Crippen LogP contribution in [-0.2, 0) is 15.8 Å². The largest absolute Gasteiger partial charge is 0.399 e. The third-order valence-corrected chi connectivity index (χ3v) is 3.65. The van der Waals surface area contributed by atoms with Gasteiger partial charge in [0.1, 0.15) is 23.3 Å². The molecule has 20 heavy (non-hydrogen) atoms. The summed E-state index contributed by atoms with van der Waals surface area (Å²) < 4.78 is 31.1. The summed E-state index contributed by atoms with van der Waals surface area (Å²) in [6.45, 7) is 1.67. The summed E-state index contributed by atoms with van der Waals surface area (Å²) in [5.41, 5.74) is 6.56. The van der Waals surface area contributed by atoms with E-state index >= 15 is 0 Å². The number of aromatic nitrogens is 1. The summed E-state index contributed by atoms with van der Waals surface area (Å²) in [4.78, 5) is 0. The Morgan fingerprint density at radius 3 is 2.80 bits per heavy atom. The van der Waals surface area contributed by atoms with Crippen molar-refractivity contribution in [1.29, 1.82) is 5.26 Å². The van der Waals surface area contributed by atoms with Gasteiger partial charge in [0, 0.05) is 11.8 Å². The maximum Gasteiger partial charge on any atom is 0.238 e. The predicted molar refractivity (Wildman–Crippen MR) is 73.1 cm³/mol. The van der Waals surface area contributed by atoms with Gasteiger partial charge >= 0.3 is 0 Å². The van der Waals surface area contributed by atoms with Crippen LogP contribution >= 0.6 is 0 Å². The average Bonchev–Trinajstić information content (AvgIpc) is 2.75. The van der Waals surface area contributed by atoms with Crippen molar-refractivity contribution in [2.75, 3.05) is 10.5 Å². The molecular formula is C12H12N4O3S. The third-order valence-electron chi connectivity index (χ3n) is 2.44. The first kappa shape index (κ1) is 13.9. The molecule has 2 aromatic rings. The number of nitrogens with one attached hydrogen (secondary N) is 1. The van der Waals surface area contributed by atoms with E-state index in [0.717, 1.165) is 0 Å². The van der Waals surface area contributed by atoms with Crippen LogP contribution < -0.4 is 10.5 Å². The van der Waals surface area contributed by atoms with Crippen LogP contribution in [0.15, 0.2) is 28.8 Å². The van der Waals surface area contributed by atoms with Crippen molar-refractivity contribution in [3.63, 3.8) is 0 Å². The first-order valence-electron chi connectivity index (χ1n) is 5.62. The Balaban J connectivity index is 2.23. The molecule has 104 valence electrons. The van der Waals surface area contributed by atoms with Crippen LogP contribution in [0.2, 0.25) is 0 Å². The SMILES string of the molecule is Cc1cc(CS(=O)(=O)Nc2ccc(N)cc2C#N)no1. The highest BCUT2D eigenvalue weighted by molar-refractivity contribution is 7.91. The fraction of sp³-hybridized carbons (Fsp3) is 0.167. The van der Waals surface area contributed by atoms with Gasteiger partial charge in [0.25, 0.3) is 0 Å². The Kier molecular flexibility index (Phi) is 3.63. The van der Waals surface area contributed by atoms with E-state index in [2.05, 4.69) is 9.88 Å². The normalized spacial score (nSPS) is 11.0. The van der Waals surface area contributed by atoms with Crippen molar-refractivity contribution in [3.8, 4) is 6.07 Å². The van der Waals surface area contributed by atoms with Crippen molar-refractivity contribution < 1.29 is 12.9 Å². The minimum absolute atomic E-state index is 0.157. The zero-order valence-electron chi connectivity index (χ0n) is 10.6. The molecular weight excluding hydrogens is 280 g/mol. The number of sulfonamides is 1. The smallest absolute Gasteiger partial charge is 0.238 e. The molecule has 0 aliphatic heterocycles. The van der Waals surface area contributed by atoms with E-state index in [1.165, 1.54) is 24.3 Å². The molecule has 0 aliphatic carbocycles. The van der Waals surface area contributed by atoms with Gasteiger partial charge in [-0.15, -0.1) is 0 Å². The van der Waals surface area contributed by atoms with Gasteiger partial charge in [-0.2, -0.15) is 5.26 Å². The molecule has 1 aromatic heterocycles. The molecule has 1 heterocycles. The second-order valence-corrected chi connectivity index (χ2v) is 5.93. The van der Waals surface area contributed by atoms with Crippen LogP contribution in [0.25, 0.3) is 0 Å². The van der Waals surface area contributed by atoms with Crippen LogP contribution in [-0.4, -0.2) is 13.6 Å². The van der Waals surface area contributed by atoms with E-state index in [4.69, 9.17) is 15.5 Å². The molecule has 7 nitrogen and oxygen atoms in total. The summed E-state index contributed by atoms with van der Waals surface area (Å²) in [5, 5.41) is 12.6. The quantitative estimate of drug-likeness (QED) is 0.821. The Morgan fingerprint density at radius 1 is 1.45 bits per heavy atom. The second kappa shape index (κ2) is 5.22. The monoisotopic (exact) mass is 292 g/mol. The number of aryl methyl sites for hydroxylation is 1. The molecule has 0 amide bonds. The third kappa shape index (κ3) is 3.27. The highest BCUT2D eigenvalue weighted by atomic mass is 32.2. The van der Waals surface area contributed by atoms with E-state index in [0.29, 0.717) is 17.1 Å². The van der Waals surface area contributed by atoms with Crippen LogP contribution in [0.5, 0.6) is 0 Å². The molecule has 0 bridgehead atoms. The summed E-state index contributed by atoms with van der Waals surface area (Å²) in [7, 11) is -3.68. The van der Waals surface area contributed by atoms with Crippen molar-refractivity contribution in [3.05, 3.63) is 41.3 Å². The summed E-state index contributed by atoms with van der Waals surface area (Å²) in [5.74, 6) is 0.194. The van der Waals surface area contributed by atoms with Gasteiger partial charge in [-0.3, -0.25) is 4.72 Å². The minimum Gasteiger partial charge on any atom is -0.399 e. The molecule has 0 fully saturated rings. The lowest BCUT2D eigenvalue weighted by Crippen LogP contribution is -2.16. The molecule has 8 heteroatoms. The lowest BCUT2D eigenvalue weighted by molar-refractivity contribution is 0.392. The maximum absolute atomic E-state index is 12.0. The number of hydrogen-bond donors (Lipinski definition) is 2. The number of nitrogen functional groups attached to an aromatic ring is 1. The molecule has 3 N–H and O–H groups in total. The number of hydrogen-bond acceptors (Lipinski definition) is 6. The van der Waals surface area contributed by atoms with Crippen LogP contribution in [0, 0.1) is 18.3 Å². The summed E-state index contributed by atoms with van der Waals surface area (Å²) >= 11 is 0. The predicted octanol–water partition coefficient (Wildman–Crippen LogP) is 1.38. The first-order valence-corrected chi connectivity index (χ1v) is 7.27. The molecule has 0 spiro atoms. The van der Waals surface area contributed by atoms with Gasteiger partial charge in [0.15, 0.2) is 0 Å². The fourth-order valence-electron chi connectivity index (χ4n) is 1.63. The Morgan fingerprint density at radius 2 is 2.20 bits per heavy atom. The van der Waals surface area contributed by atoms with Crippen molar-refractivity contribution in [1.82, 2.24) is 5.16 Å². The minimum atomic E-state index is -3.68. The number of rotatable bonds is 4. The molecule has 0 saturated heterocycles. The average molecular weight is 292 g/mol. The lowest BCUT2D eigenvalue weighted by atomic mass is 10.2. The molecule has 0 saturated carbocycles. The number of nitrogens with zero attached hydrogens (tertiary/aromatic N) is 2. The van der Waals surface area contributed by atoms with E-state index in [1.807, 2.05) is 6.07 Å². The Bertz CT molecular complexity index is 774. The standard InChI is InChI=1S/C12H12N4O3S/c1-8-4-11(15-19-8)7-20(17,18)16-12-3-2-10(14)5-9(12)6-13/h2-5,16H,7,14H2,1H3. The molecule has 0 unspecified atom stereocenters. The fourth-order valence-corrected chi connectivity index (χ4v) is 2.74. The zero-order chi connectivity index (χ0) is 14.8. The van der Waals surface area contributed by atoms with E-state index < -0.39 is 10.0 Å². The Labute approximate surface area is 116 Å². The zero-order valence-corrected chi connectivity index (χ0v) is 11.4. The van der Waals surface area contributed by atoms with Gasteiger partial charge in [-0.1, -0.05) is 5.16 Å². The summed E-state index contributed by atoms with van der Waals surface area (Å²) in [6, 6.07) is 7.78. The topological polar surface area (TPSA) is 122 Å². The van der Waals surface area contributed by atoms with E-state index in [1.54, 1.807) is 6.92 Å². The van der Waals surface area contributed by atoms with Gasteiger partial charge in [0.05, 0.1) is 11.3 Å². The molecule has 1 aromatic carbocycles. The van der Waals surface area contributed by atoms with E-state index in [9.17, 15) is 8.42 Å². The molecule has 0 radical (unpaired) electrons. The van der Waals surface area contributed by atoms with Crippen molar-refractivity contribution >= 4 is 21.4 Å². The molecule has 0 aliphatic rings. The summed E-state index contributed by atoms with van der Waals surface area (Å²) in [6.07, 6.45) is 0. The number of benzene rings is 1. The highest BCUT2D eigenvalue weighted by Gasteiger charge is 2.16. The maximum atomic E-state index is 12.0. The molecule has 0 atom stereocenters. The first-order chi connectivity index (χ1) is 9.39. The lowest BCUT2D eigenvalue weighted by Gasteiger charge is -2.08. The van der Waals surface area contributed by atoms with Gasteiger partial charge in [0.2, 0.25) is 10.0 Å².